The smallest absolute Gasteiger partial charge is 0.236 e. The monoisotopic (exact) mass is 399 g/mol. The second kappa shape index (κ2) is 9.85. The molecule has 2 aromatic carbocycles. The number of hydrogen-bond acceptors (Lipinski definition) is 4. The maximum atomic E-state index is 13.8. The molecule has 1 amide bonds. The van der Waals surface area contributed by atoms with Gasteiger partial charge in [0.05, 0.1) is 13.7 Å². The van der Waals surface area contributed by atoms with Gasteiger partial charge in [0.15, 0.2) is 0 Å². The van der Waals surface area contributed by atoms with E-state index >= 15 is 0 Å². The number of likely N-dealkylation sites (N-methyl/N-ethyl adjacent to an activating group) is 1. The molecule has 3 rings (SSSR count). The van der Waals surface area contributed by atoms with E-state index in [4.69, 9.17) is 4.74 Å². The van der Waals surface area contributed by atoms with Crippen LogP contribution in [0.2, 0.25) is 0 Å². The molecule has 1 saturated heterocycles. The molecule has 0 atom stereocenters. The lowest BCUT2D eigenvalue weighted by Gasteiger charge is -2.35. The first kappa shape index (κ1) is 21.3. The van der Waals surface area contributed by atoms with Crippen LogP contribution in [-0.4, -0.2) is 67.5 Å². The van der Waals surface area contributed by atoms with Crippen LogP contribution in [0, 0.1) is 12.7 Å². The van der Waals surface area contributed by atoms with E-state index in [-0.39, 0.29) is 11.7 Å². The van der Waals surface area contributed by atoms with Gasteiger partial charge in [-0.3, -0.25) is 14.6 Å². The summed E-state index contributed by atoms with van der Waals surface area (Å²) in [6.45, 7) is 7.08. The fourth-order valence-corrected chi connectivity index (χ4v) is 3.66. The van der Waals surface area contributed by atoms with E-state index in [2.05, 4.69) is 28.9 Å². The number of nitrogens with zero attached hydrogens (tertiary/aromatic N) is 3. The molecule has 0 radical (unpaired) electrons. The Labute approximate surface area is 172 Å². The average Bonchev–Trinajstić information content (AvgIpc) is 2.71. The van der Waals surface area contributed by atoms with E-state index in [1.54, 1.807) is 37.3 Å². The summed E-state index contributed by atoms with van der Waals surface area (Å²) in [7, 11) is 3.44. The van der Waals surface area contributed by atoms with Crippen LogP contribution in [0.25, 0.3) is 0 Å². The van der Waals surface area contributed by atoms with Gasteiger partial charge < -0.3 is 9.64 Å². The number of amides is 1. The molecule has 2 aromatic rings. The van der Waals surface area contributed by atoms with Gasteiger partial charge in [-0.15, -0.1) is 0 Å². The molecule has 0 spiro atoms. The average molecular weight is 400 g/mol. The third kappa shape index (κ3) is 5.78. The molecule has 1 fully saturated rings. The Balaban J connectivity index is 1.47. The highest BCUT2D eigenvalue weighted by Gasteiger charge is 2.21. The van der Waals surface area contributed by atoms with Crippen LogP contribution in [0.1, 0.15) is 16.7 Å². The number of aryl methyl sites for hydroxylation is 1. The van der Waals surface area contributed by atoms with Crippen molar-refractivity contribution < 1.29 is 13.9 Å². The van der Waals surface area contributed by atoms with Crippen molar-refractivity contribution in [2.24, 2.45) is 0 Å². The Morgan fingerprint density at radius 2 is 1.76 bits per heavy atom. The minimum atomic E-state index is -0.271. The molecule has 0 aromatic heterocycles. The highest BCUT2D eigenvalue weighted by atomic mass is 19.1. The normalized spacial score (nSPS) is 15.3. The summed E-state index contributed by atoms with van der Waals surface area (Å²) in [6, 6.07) is 12.8. The first-order valence-electron chi connectivity index (χ1n) is 10.0. The van der Waals surface area contributed by atoms with Gasteiger partial charge in [0.2, 0.25) is 5.91 Å². The summed E-state index contributed by atoms with van der Waals surface area (Å²) in [5, 5.41) is 0. The number of hydrogen-bond donors (Lipinski definition) is 0. The highest BCUT2D eigenvalue weighted by molar-refractivity contribution is 5.78. The van der Waals surface area contributed by atoms with Crippen LogP contribution in [0.5, 0.6) is 5.75 Å². The van der Waals surface area contributed by atoms with Crippen LogP contribution in [0.4, 0.5) is 4.39 Å². The molecule has 1 aliphatic heterocycles. The van der Waals surface area contributed by atoms with Crippen LogP contribution < -0.4 is 4.74 Å². The van der Waals surface area contributed by atoms with Crippen LogP contribution in [0.3, 0.4) is 0 Å². The van der Waals surface area contributed by atoms with Gasteiger partial charge in [0.1, 0.15) is 11.6 Å². The quantitative estimate of drug-likeness (QED) is 0.717. The zero-order valence-corrected chi connectivity index (χ0v) is 17.5. The topological polar surface area (TPSA) is 36.0 Å². The fourth-order valence-electron chi connectivity index (χ4n) is 3.66. The standard InChI is InChI=1S/C23H30FN3O2/c1-18-8-9-22(29-3)20(14-18)16-26-10-12-27(13-11-26)17-23(28)25(2)15-19-6-4-5-7-21(19)24/h4-9,14H,10-13,15-17H2,1-3H3. The number of benzene rings is 2. The summed E-state index contributed by atoms with van der Waals surface area (Å²) in [5.74, 6) is 0.664. The van der Waals surface area contributed by atoms with Gasteiger partial charge in [-0.2, -0.15) is 0 Å². The predicted molar refractivity (Wildman–Crippen MR) is 112 cm³/mol. The molecule has 0 saturated carbocycles. The lowest BCUT2D eigenvalue weighted by atomic mass is 10.1. The highest BCUT2D eigenvalue weighted by Crippen LogP contribution is 2.22. The number of carbonyl (C=O) groups is 1. The summed E-state index contributed by atoms with van der Waals surface area (Å²) in [6.07, 6.45) is 0. The van der Waals surface area contributed by atoms with Crippen molar-refractivity contribution in [1.82, 2.24) is 14.7 Å². The molecule has 6 heteroatoms. The number of rotatable bonds is 7. The number of carbonyl (C=O) groups excluding carboxylic acids is 1. The maximum Gasteiger partial charge on any atom is 0.236 e. The molecule has 1 heterocycles. The molecule has 0 aliphatic carbocycles. The zero-order valence-electron chi connectivity index (χ0n) is 17.5. The largest absolute Gasteiger partial charge is 0.496 e. The minimum Gasteiger partial charge on any atom is -0.496 e. The molecule has 5 nitrogen and oxygen atoms in total. The van der Waals surface area contributed by atoms with Crippen LogP contribution >= 0.6 is 0 Å². The van der Waals surface area contributed by atoms with Gasteiger partial charge >= 0.3 is 0 Å². The molecule has 156 valence electrons. The second-order valence-corrected chi connectivity index (χ2v) is 7.71. The van der Waals surface area contributed by atoms with Crippen molar-refractivity contribution in [1.29, 1.82) is 0 Å². The van der Waals surface area contributed by atoms with Gasteiger partial charge in [0.25, 0.3) is 0 Å². The van der Waals surface area contributed by atoms with E-state index in [1.165, 1.54) is 17.2 Å². The summed E-state index contributed by atoms with van der Waals surface area (Å²) in [4.78, 5) is 18.7. The van der Waals surface area contributed by atoms with Crippen LogP contribution in [-0.2, 0) is 17.9 Å². The number of halogens is 1. The minimum absolute atomic E-state index is 0.0158. The van der Waals surface area contributed by atoms with Gasteiger partial charge in [0, 0.05) is 57.4 Å². The molecule has 0 bridgehead atoms. The third-order valence-electron chi connectivity index (χ3n) is 5.44. The molecule has 0 N–H and O–H groups in total. The lowest BCUT2D eigenvalue weighted by Crippen LogP contribution is -2.49. The molecule has 29 heavy (non-hydrogen) atoms. The van der Waals surface area contributed by atoms with E-state index in [0.717, 1.165) is 38.5 Å². The van der Waals surface area contributed by atoms with E-state index in [9.17, 15) is 9.18 Å². The predicted octanol–water partition coefficient (Wildman–Crippen LogP) is 2.92. The van der Waals surface area contributed by atoms with Gasteiger partial charge in [-0.05, 0) is 19.1 Å². The van der Waals surface area contributed by atoms with Crippen molar-refractivity contribution in [2.75, 3.05) is 46.9 Å². The second-order valence-electron chi connectivity index (χ2n) is 7.71. The Hall–Kier alpha value is -2.44. The first-order valence-corrected chi connectivity index (χ1v) is 10.0. The van der Waals surface area contributed by atoms with E-state index in [0.29, 0.717) is 18.7 Å². The van der Waals surface area contributed by atoms with Crippen molar-refractivity contribution in [2.45, 2.75) is 20.0 Å². The molecular formula is C23H30FN3O2. The summed E-state index contributed by atoms with van der Waals surface area (Å²) >= 11 is 0. The van der Waals surface area contributed by atoms with Gasteiger partial charge in [-0.1, -0.05) is 35.9 Å². The number of methoxy groups -OCH3 is 1. The lowest BCUT2D eigenvalue weighted by molar-refractivity contribution is -0.132. The Morgan fingerprint density at radius 1 is 1.07 bits per heavy atom. The Bertz CT molecular complexity index is 835. The zero-order chi connectivity index (χ0) is 20.8. The SMILES string of the molecule is COc1ccc(C)cc1CN1CCN(CC(=O)N(C)Cc2ccccc2F)CC1. The number of ether oxygens (including phenoxy) is 1. The molecule has 1 aliphatic rings. The fraction of sp³-hybridized carbons (Fsp3) is 0.435. The van der Waals surface area contributed by atoms with Crippen molar-refractivity contribution in [3.63, 3.8) is 0 Å². The maximum absolute atomic E-state index is 13.8. The summed E-state index contributed by atoms with van der Waals surface area (Å²) in [5.41, 5.74) is 2.96. The Morgan fingerprint density at radius 3 is 2.45 bits per heavy atom. The van der Waals surface area contributed by atoms with Crippen molar-refractivity contribution in [3.8, 4) is 5.75 Å². The van der Waals surface area contributed by atoms with Crippen molar-refractivity contribution >= 4 is 5.91 Å². The van der Waals surface area contributed by atoms with Gasteiger partial charge in [-0.25, -0.2) is 4.39 Å². The molecule has 0 unspecified atom stereocenters. The third-order valence-corrected chi connectivity index (χ3v) is 5.44. The summed E-state index contributed by atoms with van der Waals surface area (Å²) < 4.78 is 19.3. The molecular weight excluding hydrogens is 369 g/mol. The van der Waals surface area contributed by atoms with E-state index < -0.39 is 0 Å². The van der Waals surface area contributed by atoms with E-state index in [1.807, 2.05) is 6.07 Å². The number of piperazine rings is 1. The van der Waals surface area contributed by atoms with Crippen LogP contribution in [0.15, 0.2) is 42.5 Å². The Kier molecular flexibility index (Phi) is 7.23. The van der Waals surface area contributed by atoms with Crippen molar-refractivity contribution in [3.05, 3.63) is 65.0 Å². The first-order chi connectivity index (χ1) is 14.0.